The first-order valence-corrected chi connectivity index (χ1v) is 5.70. The van der Waals surface area contributed by atoms with E-state index >= 15 is 0 Å². The van der Waals surface area contributed by atoms with Gasteiger partial charge in [0.15, 0.2) is 0 Å². The van der Waals surface area contributed by atoms with Gasteiger partial charge in [-0.15, -0.1) is 0 Å². The molecule has 19 heavy (non-hydrogen) atoms. The second-order valence-corrected chi connectivity index (χ2v) is 3.84. The van der Waals surface area contributed by atoms with Crippen LogP contribution in [-0.2, 0) is 0 Å². The Balaban J connectivity index is 0.000000133. The van der Waals surface area contributed by atoms with Crippen LogP contribution >= 0.6 is 0 Å². The molecule has 0 saturated heterocycles. The molecule has 4 rings (SSSR count). The molecule has 0 atom stereocenters. The Morgan fingerprint density at radius 3 is 1.47 bits per heavy atom. The lowest BCUT2D eigenvalue weighted by Crippen LogP contribution is -1.63. The lowest BCUT2D eigenvalue weighted by atomic mass is 10.3. The quantitative estimate of drug-likeness (QED) is 0.500. The lowest BCUT2D eigenvalue weighted by Gasteiger charge is -1.81. The van der Waals surface area contributed by atoms with E-state index in [1.165, 1.54) is 0 Å². The van der Waals surface area contributed by atoms with Gasteiger partial charge in [0.1, 0.15) is 0 Å². The molecule has 96 valence electrons. The standard InChI is InChI=1S/2C7H6N2.CH4/c2*1-2-4-7-6(3-1)8-5-9-7;/h2*1-5H,(H,8,9);1H4. The van der Waals surface area contributed by atoms with Gasteiger partial charge in [0.2, 0.25) is 0 Å². The molecule has 4 heteroatoms. The van der Waals surface area contributed by atoms with Crippen molar-refractivity contribution in [1.82, 2.24) is 19.9 Å². The summed E-state index contributed by atoms with van der Waals surface area (Å²) in [6.07, 6.45) is 3.40. The molecule has 2 N–H and O–H groups in total. The molecule has 2 heterocycles. The minimum Gasteiger partial charge on any atom is -0.345 e. The van der Waals surface area contributed by atoms with Gasteiger partial charge in [-0.25, -0.2) is 9.97 Å². The Kier molecular flexibility index (Phi) is 3.93. The number of fused-ring (bicyclic) bond motifs is 2. The molecule has 2 aromatic carbocycles. The van der Waals surface area contributed by atoms with Crippen molar-refractivity contribution in [2.45, 2.75) is 7.43 Å². The van der Waals surface area contributed by atoms with E-state index in [1.807, 2.05) is 48.5 Å². The third-order valence-corrected chi connectivity index (χ3v) is 2.66. The average molecular weight is 252 g/mol. The Hall–Kier alpha value is -2.62. The molecule has 0 fully saturated rings. The van der Waals surface area contributed by atoms with Crippen molar-refractivity contribution >= 4 is 22.1 Å². The molecule has 4 nitrogen and oxygen atoms in total. The highest BCUT2D eigenvalue weighted by atomic mass is 14.9. The highest BCUT2D eigenvalue weighted by Crippen LogP contribution is 2.06. The molecule has 0 aliphatic rings. The van der Waals surface area contributed by atoms with E-state index in [-0.39, 0.29) is 7.43 Å². The number of hydrogen-bond acceptors (Lipinski definition) is 2. The summed E-state index contributed by atoms with van der Waals surface area (Å²) in [5, 5.41) is 0. The van der Waals surface area contributed by atoms with Crippen LogP contribution in [0.3, 0.4) is 0 Å². The molecule has 0 radical (unpaired) electrons. The van der Waals surface area contributed by atoms with Gasteiger partial charge in [-0.05, 0) is 24.3 Å². The van der Waals surface area contributed by atoms with Crippen LogP contribution in [0.15, 0.2) is 61.2 Å². The number of imidazole rings is 2. The summed E-state index contributed by atoms with van der Waals surface area (Å²) in [7, 11) is 0. The number of rotatable bonds is 0. The van der Waals surface area contributed by atoms with Gasteiger partial charge < -0.3 is 9.97 Å². The van der Waals surface area contributed by atoms with Gasteiger partial charge in [0, 0.05) is 0 Å². The fourth-order valence-corrected chi connectivity index (χ4v) is 1.76. The molecule has 0 spiro atoms. The van der Waals surface area contributed by atoms with Gasteiger partial charge in [-0.2, -0.15) is 0 Å². The molecule has 4 aromatic rings. The molecule has 2 aromatic heterocycles. The molecule has 0 aliphatic carbocycles. The van der Waals surface area contributed by atoms with Crippen molar-refractivity contribution in [3.05, 3.63) is 61.2 Å². The normalized spacial score (nSPS) is 9.68. The Labute approximate surface area is 111 Å². The van der Waals surface area contributed by atoms with Crippen LogP contribution in [0.25, 0.3) is 22.1 Å². The molecular formula is C15H16N4. The van der Waals surface area contributed by atoms with Crippen LogP contribution in [0.4, 0.5) is 0 Å². The summed E-state index contributed by atoms with van der Waals surface area (Å²) in [6.45, 7) is 0. The maximum absolute atomic E-state index is 4.06. The largest absolute Gasteiger partial charge is 0.345 e. The van der Waals surface area contributed by atoms with Gasteiger partial charge in [0.05, 0.1) is 34.7 Å². The van der Waals surface area contributed by atoms with E-state index in [0.717, 1.165) is 22.1 Å². The maximum Gasteiger partial charge on any atom is 0.0931 e. The summed E-state index contributed by atoms with van der Waals surface area (Å²) in [5.74, 6) is 0. The molecular weight excluding hydrogens is 236 g/mol. The fraction of sp³-hybridized carbons (Fsp3) is 0.0667. The van der Waals surface area contributed by atoms with Crippen molar-refractivity contribution in [1.29, 1.82) is 0 Å². The van der Waals surface area contributed by atoms with Gasteiger partial charge in [0.25, 0.3) is 0 Å². The van der Waals surface area contributed by atoms with E-state index in [4.69, 9.17) is 0 Å². The number of nitrogens with zero attached hydrogens (tertiary/aromatic N) is 2. The summed E-state index contributed by atoms with van der Waals surface area (Å²) in [6, 6.07) is 15.9. The first-order chi connectivity index (χ1) is 8.93. The van der Waals surface area contributed by atoms with E-state index < -0.39 is 0 Å². The summed E-state index contributed by atoms with van der Waals surface area (Å²) in [5.41, 5.74) is 4.24. The number of aromatic nitrogens is 4. The van der Waals surface area contributed by atoms with Gasteiger partial charge >= 0.3 is 0 Å². The summed E-state index contributed by atoms with van der Waals surface area (Å²) < 4.78 is 0. The first kappa shape index (κ1) is 12.8. The highest BCUT2D eigenvalue weighted by molar-refractivity contribution is 5.74. The predicted molar refractivity (Wildman–Crippen MR) is 78.9 cm³/mol. The zero-order chi connectivity index (χ0) is 12.2. The lowest BCUT2D eigenvalue weighted by molar-refractivity contribution is 1.34. The number of nitrogens with one attached hydrogen (secondary N) is 2. The zero-order valence-electron chi connectivity index (χ0n) is 9.67. The van der Waals surface area contributed by atoms with Gasteiger partial charge in [-0.3, -0.25) is 0 Å². The molecule has 0 aliphatic heterocycles. The van der Waals surface area contributed by atoms with Crippen molar-refractivity contribution in [2.24, 2.45) is 0 Å². The molecule has 0 saturated carbocycles. The number of para-hydroxylation sites is 4. The van der Waals surface area contributed by atoms with E-state index in [1.54, 1.807) is 12.7 Å². The van der Waals surface area contributed by atoms with Crippen LogP contribution < -0.4 is 0 Å². The van der Waals surface area contributed by atoms with E-state index in [0.29, 0.717) is 0 Å². The monoisotopic (exact) mass is 252 g/mol. The fourth-order valence-electron chi connectivity index (χ4n) is 1.76. The summed E-state index contributed by atoms with van der Waals surface area (Å²) in [4.78, 5) is 14.1. The number of hydrogen-bond donors (Lipinski definition) is 2. The van der Waals surface area contributed by atoms with Crippen LogP contribution in [0.5, 0.6) is 0 Å². The third-order valence-electron chi connectivity index (χ3n) is 2.66. The zero-order valence-corrected chi connectivity index (χ0v) is 9.67. The number of H-pyrrole nitrogens is 2. The Morgan fingerprint density at radius 2 is 1.05 bits per heavy atom. The van der Waals surface area contributed by atoms with Crippen LogP contribution in [0.2, 0.25) is 0 Å². The average Bonchev–Trinajstić information content (AvgIpc) is 3.08. The first-order valence-electron chi connectivity index (χ1n) is 5.70. The SMILES string of the molecule is C.c1ccc2[nH]cnc2c1.c1ccc2[nH]cnc2c1. The van der Waals surface area contributed by atoms with Crippen molar-refractivity contribution < 1.29 is 0 Å². The minimum absolute atomic E-state index is 0. The smallest absolute Gasteiger partial charge is 0.0931 e. The van der Waals surface area contributed by atoms with Crippen LogP contribution in [-0.4, -0.2) is 19.9 Å². The Bertz CT molecular complexity index is 628. The van der Waals surface area contributed by atoms with Crippen molar-refractivity contribution in [3.63, 3.8) is 0 Å². The minimum atomic E-state index is 0. The van der Waals surface area contributed by atoms with E-state index in [2.05, 4.69) is 19.9 Å². The maximum atomic E-state index is 4.06. The molecule has 0 bridgehead atoms. The second kappa shape index (κ2) is 5.82. The Morgan fingerprint density at radius 1 is 0.632 bits per heavy atom. The topological polar surface area (TPSA) is 57.4 Å². The number of aromatic amines is 2. The second-order valence-electron chi connectivity index (χ2n) is 3.84. The third kappa shape index (κ3) is 2.80. The van der Waals surface area contributed by atoms with Gasteiger partial charge in [-0.1, -0.05) is 31.7 Å². The van der Waals surface area contributed by atoms with E-state index in [9.17, 15) is 0 Å². The number of benzene rings is 2. The molecule has 0 unspecified atom stereocenters. The van der Waals surface area contributed by atoms with Crippen molar-refractivity contribution in [2.75, 3.05) is 0 Å². The predicted octanol–water partition coefficient (Wildman–Crippen LogP) is 3.76. The van der Waals surface area contributed by atoms with Crippen LogP contribution in [0, 0.1) is 0 Å². The van der Waals surface area contributed by atoms with Crippen LogP contribution in [0.1, 0.15) is 7.43 Å². The van der Waals surface area contributed by atoms with Crippen molar-refractivity contribution in [3.8, 4) is 0 Å². The highest BCUT2D eigenvalue weighted by Gasteiger charge is 1.89. The summed E-state index contributed by atoms with van der Waals surface area (Å²) >= 11 is 0. The molecule has 0 amide bonds.